The third-order valence-electron chi connectivity index (χ3n) is 5.03. The zero-order valence-corrected chi connectivity index (χ0v) is 18.5. The Kier molecular flexibility index (Phi) is 5.91. The van der Waals surface area contributed by atoms with Crippen molar-refractivity contribution in [3.8, 4) is 5.75 Å². The number of aromatic nitrogens is 4. The number of hydrogen-bond acceptors (Lipinski definition) is 8. The fourth-order valence-corrected chi connectivity index (χ4v) is 4.30. The van der Waals surface area contributed by atoms with Crippen LogP contribution in [0.15, 0.2) is 40.5 Å². The quantitative estimate of drug-likeness (QED) is 0.423. The van der Waals surface area contributed by atoms with Crippen LogP contribution in [0.3, 0.4) is 0 Å². The molecule has 32 heavy (non-hydrogen) atoms. The third-order valence-corrected chi connectivity index (χ3v) is 5.92. The minimum Gasteiger partial charge on any atom is -0.497 e. The Balaban J connectivity index is 1.53. The van der Waals surface area contributed by atoms with Gasteiger partial charge in [0, 0.05) is 14.0 Å². The van der Waals surface area contributed by atoms with E-state index in [2.05, 4.69) is 15.5 Å². The Hall–Kier alpha value is -3.73. The average molecular weight is 455 g/mol. The van der Waals surface area contributed by atoms with Crippen molar-refractivity contribution in [2.45, 2.75) is 26.0 Å². The topological polar surface area (TPSA) is 117 Å². The van der Waals surface area contributed by atoms with Crippen LogP contribution < -0.4 is 15.6 Å². The van der Waals surface area contributed by atoms with E-state index in [4.69, 9.17) is 9.47 Å². The minimum absolute atomic E-state index is 0.0605. The molecule has 3 heterocycles. The van der Waals surface area contributed by atoms with Crippen molar-refractivity contribution in [2.24, 2.45) is 7.05 Å². The Morgan fingerprint density at radius 1 is 1.19 bits per heavy atom. The molecule has 1 atom stereocenters. The Bertz CT molecular complexity index is 1350. The van der Waals surface area contributed by atoms with Crippen LogP contribution in [0.2, 0.25) is 0 Å². The highest BCUT2D eigenvalue weighted by Crippen LogP contribution is 2.22. The van der Waals surface area contributed by atoms with Gasteiger partial charge in [0.2, 0.25) is 11.7 Å². The van der Waals surface area contributed by atoms with Gasteiger partial charge >= 0.3 is 5.97 Å². The maximum Gasteiger partial charge on any atom is 0.308 e. The number of fused-ring (bicyclic) bond motifs is 3. The van der Waals surface area contributed by atoms with E-state index in [-0.39, 0.29) is 24.5 Å². The van der Waals surface area contributed by atoms with Gasteiger partial charge in [0.25, 0.3) is 5.56 Å². The van der Waals surface area contributed by atoms with E-state index >= 15 is 0 Å². The Morgan fingerprint density at radius 2 is 1.94 bits per heavy atom. The van der Waals surface area contributed by atoms with Crippen LogP contribution in [-0.2, 0) is 28.0 Å². The largest absolute Gasteiger partial charge is 0.497 e. The molecule has 0 saturated heterocycles. The molecule has 0 spiro atoms. The number of nitrogens with zero attached hydrogens (tertiary/aromatic N) is 4. The summed E-state index contributed by atoms with van der Waals surface area (Å²) < 4.78 is 14.3. The predicted octanol–water partition coefficient (Wildman–Crippen LogP) is 1.96. The van der Waals surface area contributed by atoms with Crippen molar-refractivity contribution in [1.82, 2.24) is 24.5 Å². The molecule has 0 aliphatic carbocycles. The summed E-state index contributed by atoms with van der Waals surface area (Å²) in [6.45, 7) is 1.26. The number of carbonyl (C=O) groups is 2. The maximum absolute atomic E-state index is 12.6. The van der Waals surface area contributed by atoms with E-state index in [1.165, 1.54) is 22.8 Å². The number of nitrogens with one attached hydrogen (secondary N) is 1. The van der Waals surface area contributed by atoms with Crippen LogP contribution in [0, 0.1) is 0 Å². The number of methoxy groups -OCH3 is 1. The molecular weight excluding hydrogens is 434 g/mol. The predicted molar refractivity (Wildman–Crippen MR) is 118 cm³/mol. The van der Waals surface area contributed by atoms with Gasteiger partial charge in [-0.2, -0.15) is 0 Å². The first-order valence-electron chi connectivity index (χ1n) is 9.76. The van der Waals surface area contributed by atoms with Gasteiger partial charge in [-0.25, -0.2) is 0 Å². The normalized spacial score (nSPS) is 12.1. The number of ether oxygens (including phenoxy) is 2. The van der Waals surface area contributed by atoms with Gasteiger partial charge in [0.05, 0.1) is 25.1 Å². The van der Waals surface area contributed by atoms with Crippen LogP contribution >= 0.6 is 11.3 Å². The molecule has 166 valence electrons. The Morgan fingerprint density at radius 3 is 2.62 bits per heavy atom. The highest BCUT2D eigenvalue weighted by molar-refractivity contribution is 7.17. The molecule has 0 saturated carbocycles. The number of hydrogen-bond donors (Lipinski definition) is 1. The summed E-state index contributed by atoms with van der Waals surface area (Å²) in [5.74, 6) is 0.658. The number of benzene rings is 1. The fraction of sp³-hybridized carbons (Fsp3) is 0.286. The summed E-state index contributed by atoms with van der Waals surface area (Å²) in [6.07, 6.45) is -0.0605. The van der Waals surface area contributed by atoms with E-state index < -0.39 is 12.0 Å². The number of thiophene rings is 1. The van der Waals surface area contributed by atoms with Gasteiger partial charge in [-0.3, -0.25) is 23.4 Å². The lowest BCUT2D eigenvalue weighted by Gasteiger charge is -2.18. The molecule has 0 aliphatic heterocycles. The number of amides is 1. The molecule has 1 unspecified atom stereocenters. The maximum atomic E-state index is 12.6. The molecule has 4 rings (SSSR count). The molecule has 0 bridgehead atoms. The van der Waals surface area contributed by atoms with Crippen LogP contribution in [0.25, 0.3) is 16.0 Å². The van der Waals surface area contributed by atoms with Crippen molar-refractivity contribution in [3.05, 3.63) is 57.5 Å². The number of carbonyl (C=O) groups excluding carboxylic acids is 2. The number of aryl methyl sites for hydroxylation is 1. The molecule has 11 heteroatoms. The molecule has 10 nitrogen and oxygen atoms in total. The smallest absolute Gasteiger partial charge is 0.308 e. The van der Waals surface area contributed by atoms with E-state index in [0.29, 0.717) is 27.6 Å². The first-order chi connectivity index (χ1) is 15.4. The lowest BCUT2D eigenvalue weighted by molar-refractivity contribution is -0.146. The van der Waals surface area contributed by atoms with Crippen LogP contribution in [0.4, 0.5) is 0 Å². The average Bonchev–Trinajstić information content (AvgIpc) is 3.42. The van der Waals surface area contributed by atoms with Crippen molar-refractivity contribution < 1.29 is 19.1 Å². The Labute approximate surface area is 186 Å². The zero-order valence-electron chi connectivity index (χ0n) is 17.7. The van der Waals surface area contributed by atoms with Gasteiger partial charge in [-0.05, 0) is 29.1 Å². The first kappa shape index (κ1) is 21.5. The van der Waals surface area contributed by atoms with Gasteiger partial charge in [-0.1, -0.05) is 12.1 Å². The van der Waals surface area contributed by atoms with E-state index in [1.807, 2.05) is 5.38 Å². The molecule has 0 radical (unpaired) electrons. The third kappa shape index (κ3) is 4.06. The molecular formula is C21H21N5O5S. The van der Waals surface area contributed by atoms with Crippen LogP contribution in [0.5, 0.6) is 5.75 Å². The second kappa shape index (κ2) is 8.79. The van der Waals surface area contributed by atoms with E-state index in [1.54, 1.807) is 48.9 Å². The van der Waals surface area contributed by atoms with Crippen molar-refractivity contribution >= 4 is 39.2 Å². The van der Waals surface area contributed by atoms with E-state index in [9.17, 15) is 14.4 Å². The SMILES string of the molecule is COc1ccc(C(CC(=O)OCc2nnc3n(C)c(=O)c4sccc4n23)NC(C)=O)cc1. The van der Waals surface area contributed by atoms with Crippen molar-refractivity contribution in [2.75, 3.05) is 7.11 Å². The summed E-state index contributed by atoms with van der Waals surface area (Å²) >= 11 is 1.33. The minimum atomic E-state index is -0.551. The number of rotatable bonds is 7. The van der Waals surface area contributed by atoms with Crippen LogP contribution in [-0.4, -0.2) is 38.2 Å². The van der Waals surface area contributed by atoms with Crippen molar-refractivity contribution in [3.63, 3.8) is 0 Å². The number of esters is 1. The molecule has 1 amide bonds. The summed E-state index contributed by atoms with van der Waals surface area (Å²) in [7, 11) is 3.18. The highest BCUT2D eigenvalue weighted by atomic mass is 32.1. The van der Waals surface area contributed by atoms with Gasteiger partial charge in [0.15, 0.2) is 12.4 Å². The second-order valence-corrected chi connectivity index (χ2v) is 8.06. The highest BCUT2D eigenvalue weighted by Gasteiger charge is 2.20. The monoisotopic (exact) mass is 455 g/mol. The van der Waals surface area contributed by atoms with Crippen molar-refractivity contribution in [1.29, 1.82) is 0 Å². The van der Waals surface area contributed by atoms with Crippen LogP contribution in [0.1, 0.15) is 30.8 Å². The molecule has 3 aromatic heterocycles. The van der Waals surface area contributed by atoms with E-state index in [0.717, 1.165) is 5.56 Å². The summed E-state index contributed by atoms with van der Waals surface area (Å²) in [4.78, 5) is 36.7. The van der Waals surface area contributed by atoms with Gasteiger partial charge in [-0.15, -0.1) is 21.5 Å². The molecule has 4 aromatic rings. The summed E-state index contributed by atoms with van der Waals surface area (Å²) in [6, 6.07) is 8.34. The fourth-order valence-electron chi connectivity index (χ4n) is 3.45. The standard InChI is InChI=1S/C21H21N5O5S/c1-12(27)22-15(13-4-6-14(30-3)7-5-13)10-18(28)31-11-17-23-24-21-25(2)20(29)19-16(26(17)21)8-9-32-19/h4-9,15H,10-11H2,1-3H3,(H,22,27). The summed E-state index contributed by atoms with van der Waals surface area (Å²) in [5.41, 5.74) is 1.26. The van der Waals surface area contributed by atoms with Gasteiger partial charge in [0.1, 0.15) is 10.4 Å². The lowest BCUT2D eigenvalue weighted by Crippen LogP contribution is -2.28. The summed E-state index contributed by atoms with van der Waals surface area (Å²) in [5, 5.41) is 12.8. The molecule has 1 aromatic carbocycles. The van der Waals surface area contributed by atoms with Gasteiger partial charge < -0.3 is 14.8 Å². The molecule has 1 N–H and O–H groups in total. The molecule has 0 fully saturated rings. The molecule has 0 aliphatic rings. The second-order valence-electron chi connectivity index (χ2n) is 7.14. The lowest BCUT2D eigenvalue weighted by atomic mass is 10.0. The zero-order chi connectivity index (χ0) is 22.8. The first-order valence-corrected chi connectivity index (χ1v) is 10.6.